The Morgan fingerprint density at radius 1 is 1.28 bits per heavy atom. The number of pyridine rings is 1. The van der Waals surface area contributed by atoms with Gasteiger partial charge in [0.1, 0.15) is 11.2 Å². The highest BCUT2D eigenvalue weighted by Gasteiger charge is 2.47. The van der Waals surface area contributed by atoms with Crippen LogP contribution in [0.25, 0.3) is 11.0 Å². The number of hydrogen-bond acceptors (Lipinski definition) is 6. The van der Waals surface area contributed by atoms with Crippen LogP contribution in [0.4, 0.5) is 0 Å². The van der Waals surface area contributed by atoms with Gasteiger partial charge in [-0.1, -0.05) is 0 Å². The van der Waals surface area contributed by atoms with Crippen LogP contribution < -0.4 is 5.32 Å². The molecule has 9 heteroatoms. The van der Waals surface area contributed by atoms with E-state index in [0.717, 1.165) is 5.39 Å². The van der Waals surface area contributed by atoms with Crippen molar-refractivity contribution in [1.29, 1.82) is 0 Å². The van der Waals surface area contributed by atoms with Crippen LogP contribution in [-0.4, -0.2) is 75.5 Å². The number of hydrogen-bond donors (Lipinski definition) is 2. The maximum absolute atomic E-state index is 12.7. The topological polar surface area (TPSA) is 107 Å². The van der Waals surface area contributed by atoms with Gasteiger partial charge in [-0.2, -0.15) is 5.10 Å². The third-order valence-corrected chi connectivity index (χ3v) is 4.79. The quantitative estimate of drug-likeness (QED) is 0.758. The Labute approximate surface area is 144 Å². The molecule has 1 saturated heterocycles. The largest absolute Gasteiger partial charge is 0.349 e. The number of aromatic nitrogens is 3. The first-order valence-electron chi connectivity index (χ1n) is 8.17. The number of carbonyl (C=O) groups excluding carboxylic acids is 2. The molecule has 2 aromatic heterocycles. The van der Waals surface area contributed by atoms with Crippen LogP contribution in [0.2, 0.25) is 0 Å². The van der Waals surface area contributed by atoms with Crippen molar-refractivity contribution in [3.8, 4) is 0 Å². The van der Waals surface area contributed by atoms with Gasteiger partial charge in [-0.15, -0.1) is 0 Å². The molecule has 2 amide bonds. The van der Waals surface area contributed by atoms with Crippen molar-refractivity contribution in [2.24, 2.45) is 4.99 Å². The van der Waals surface area contributed by atoms with E-state index in [4.69, 9.17) is 0 Å². The molecule has 2 aromatic rings. The maximum atomic E-state index is 12.7. The van der Waals surface area contributed by atoms with Crippen LogP contribution in [0, 0.1) is 0 Å². The van der Waals surface area contributed by atoms with Crippen LogP contribution in [0.1, 0.15) is 23.3 Å². The van der Waals surface area contributed by atoms with E-state index in [1.165, 1.54) is 0 Å². The van der Waals surface area contributed by atoms with Gasteiger partial charge in [-0.3, -0.25) is 20.0 Å². The lowest BCUT2D eigenvalue weighted by atomic mass is 9.88. The summed E-state index contributed by atoms with van der Waals surface area (Å²) in [6.45, 7) is 0.943. The van der Waals surface area contributed by atoms with E-state index in [2.05, 4.69) is 25.5 Å². The zero-order valence-corrected chi connectivity index (χ0v) is 14.1. The summed E-state index contributed by atoms with van der Waals surface area (Å²) in [5, 5.41) is 10.4. The average Bonchev–Trinajstić information content (AvgIpc) is 3.20. The van der Waals surface area contributed by atoms with Crippen LogP contribution in [0.5, 0.6) is 0 Å². The highest BCUT2D eigenvalue weighted by molar-refractivity contribution is 6.07. The number of nitrogens with one attached hydrogen (secondary N) is 2. The van der Waals surface area contributed by atoms with Gasteiger partial charge in [0, 0.05) is 32.6 Å². The number of guanidine groups is 1. The Morgan fingerprint density at radius 2 is 2.04 bits per heavy atom. The van der Waals surface area contributed by atoms with Crippen molar-refractivity contribution in [3.63, 3.8) is 0 Å². The Bertz CT molecular complexity index is 877. The Balaban J connectivity index is 1.50. The number of aliphatic imine (C=N–C) groups is 1. The van der Waals surface area contributed by atoms with Gasteiger partial charge in [0.05, 0.1) is 6.20 Å². The lowest BCUT2D eigenvalue weighted by Gasteiger charge is -2.35. The highest BCUT2D eigenvalue weighted by atomic mass is 16.2. The second-order valence-corrected chi connectivity index (χ2v) is 6.61. The Morgan fingerprint density at radius 3 is 2.72 bits per heavy atom. The molecule has 1 fully saturated rings. The highest BCUT2D eigenvalue weighted by Crippen LogP contribution is 2.30. The zero-order chi connectivity index (χ0) is 17.6. The number of piperidine rings is 1. The molecule has 0 saturated carbocycles. The van der Waals surface area contributed by atoms with Gasteiger partial charge in [-0.25, -0.2) is 9.98 Å². The summed E-state index contributed by atoms with van der Waals surface area (Å²) in [5.74, 6) is 0.359. The van der Waals surface area contributed by atoms with Crippen LogP contribution in [0.3, 0.4) is 0 Å². The summed E-state index contributed by atoms with van der Waals surface area (Å²) in [7, 11) is 3.68. The molecule has 0 bridgehead atoms. The molecule has 25 heavy (non-hydrogen) atoms. The lowest BCUT2D eigenvalue weighted by molar-refractivity contribution is -0.125. The first-order chi connectivity index (χ1) is 12.0. The van der Waals surface area contributed by atoms with Gasteiger partial charge in [-0.05, 0) is 25.0 Å². The first-order valence-corrected chi connectivity index (χ1v) is 8.17. The van der Waals surface area contributed by atoms with E-state index in [1.807, 2.05) is 20.2 Å². The van der Waals surface area contributed by atoms with Gasteiger partial charge in [0.15, 0.2) is 5.65 Å². The van der Waals surface area contributed by atoms with Gasteiger partial charge in [0.25, 0.3) is 11.8 Å². The summed E-state index contributed by atoms with van der Waals surface area (Å²) in [4.78, 5) is 37.5. The van der Waals surface area contributed by atoms with E-state index in [0.29, 0.717) is 43.2 Å². The molecule has 0 unspecified atom stereocenters. The molecule has 2 aliphatic heterocycles. The van der Waals surface area contributed by atoms with E-state index in [9.17, 15) is 9.59 Å². The molecule has 4 rings (SSSR count). The van der Waals surface area contributed by atoms with Crippen molar-refractivity contribution in [1.82, 2.24) is 30.3 Å². The normalized spacial score (nSPS) is 19.2. The van der Waals surface area contributed by atoms with Crippen LogP contribution in [0.15, 0.2) is 23.3 Å². The van der Waals surface area contributed by atoms with Crippen LogP contribution in [-0.2, 0) is 4.79 Å². The summed E-state index contributed by atoms with van der Waals surface area (Å²) in [6, 6.07) is 3.53. The number of carbonyl (C=O) groups is 2. The molecule has 9 nitrogen and oxygen atoms in total. The number of amides is 2. The zero-order valence-electron chi connectivity index (χ0n) is 14.1. The number of rotatable bonds is 1. The molecular formula is C16H19N7O2. The van der Waals surface area contributed by atoms with E-state index in [1.54, 1.807) is 22.1 Å². The molecule has 0 atom stereocenters. The predicted molar refractivity (Wildman–Crippen MR) is 91.0 cm³/mol. The number of likely N-dealkylation sites (tertiary alicyclic amines) is 1. The standard InChI is InChI=1S/C16H19N7O2/c1-22(2)15-19-14(25)16(20-15)5-7-23(8-6-16)13(24)11-4-3-10-9-17-21-12(10)18-11/h3-4,9H,5-8H2,1-2H3,(H,17,18,21)(H,19,20,25). The molecule has 2 aliphatic rings. The summed E-state index contributed by atoms with van der Waals surface area (Å²) >= 11 is 0. The Kier molecular flexibility index (Phi) is 3.45. The molecule has 0 aliphatic carbocycles. The van der Waals surface area contributed by atoms with Gasteiger partial charge < -0.3 is 9.80 Å². The summed E-state index contributed by atoms with van der Waals surface area (Å²) in [6.07, 6.45) is 2.68. The smallest absolute Gasteiger partial charge is 0.272 e. The van der Waals surface area contributed by atoms with E-state index in [-0.39, 0.29) is 11.8 Å². The number of nitrogens with zero attached hydrogens (tertiary/aromatic N) is 5. The summed E-state index contributed by atoms with van der Waals surface area (Å²) in [5.41, 5.74) is 0.215. The van der Waals surface area contributed by atoms with Crippen molar-refractivity contribution in [2.75, 3.05) is 27.2 Å². The van der Waals surface area contributed by atoms with E-state index < -0.39 is 5.54 Å². The molecular weight excluding hydrogens is 322 g/mol. The first kappa shape index (κ1) is 15.6. The predicted octanol–water partition coefficient (Wildman–Crippen LogP) is -0.0199. The second-order valence-electron chi connectivity index (χ2n) is 6.61. The molecule has 4 heterocycles. The number of fused-ring (bicyclic) bond motifs is 1. The number of aromatic amines is 1. The van der Waals surface area contributed by atoms with Crippen molar-refractivity contribution in [2.45, 2.75) is 18.4 Å². The van der Waals surface area contributed by atoms with Gasteiger partial charge >= 0.3 is 0 Å². The van der Waals surface area contributed by atoms with E-state index >= 15 is 0 Å². The van der Waals surface area contributed by atoms with Gasteiger partial charge in [0.2, 0.25) is 5.96 Å². The van der Waals surface area contributed by atoms with Crippen LogP contribution >= 0.6 is 0 Å². The van der Waals surface area contributed by atoms with Crippen molar-refractivity contribution < 1.29 is 9.59 Å². The molecule has 0 radical (unpaired) electrons. The number of H-pyrrole nitrogens is 1. The molecule has 130 valence electrons. The maximum Gasteiger partial charge on any atom is 0.272 e. The fraction of sp³-hybridized carbons (Fsp3) is 0.438. The summed E-state index contributed by atoms with van der Waals surface area (Å²) < 4.78 is 0. The monoisotopic (exact) mass is 341 g/mol. The third kappa shape index (κ3) is 2.51. The van der Waals surface area contributed by atoms with Crippen molar-refractivity contribution in [3.05, 3.63) is 24.0 Å². The minimum atomic E-state index is -0.753. The SMILES string of the molecule is CN(C)C1=NC2(CCN(C(=O)c3ccc4cn[nH]c4n3)CC2)C(=O)N1. The molecule has 2 N–H and O–H groups in total. The lowest BCUT2D eigenvalue weighted by Crippen LogP contribution is -2.50. The average molecular weight is 341 g/mol. The minimum Gasteiger partial charge on any atom is -0.349 e. The molecule has 0 aromatic carbocycles. The minimum absolute atomic E-state index is 0.0831. The Hall–Kier alpha value is -2.97. The fourth-order valence-electron chi connectivity index (χ4n) is 3.24. The fourth-order valence-corrected chi connectivity index (χ4v) is 3.24. The van der Waals surface area contributed by atoms with Crippen molar-refractivity contribution >= 4 is 28.8 Å². The third-order valence-electron chi connectivity index (χ3n) is 4.79. The second kappa shape index (κ2) is 5.54. The molecule has 1 spiro atoms.